The summed E-state index contributed by atoms with van der Waals surface area (Å²) >= 11 is 5.12. The minimum atomic E-state index is -3.20. The maximum absolute atomic E-state index is 13.2. The molecule has 3 rings (SSSR count). The van der Waals surface area contributed by atoms with E-state index in [4.69, 9.17) is 0 Å². The highest BCUT2D eigenvalue weighted by Gasteiger charge is 2.17. The molecule has 1 aliphatic rings. The van der Waals surface area contributed by atoms with E-state index >= 15 is 0 Å². The molecular weight excluding hydrogens is 399 g/mol. The van der Waals surface area contributed by atoms with E-state index in [1.54, 1.807) is 23.5 Å². The Kier molecular flexibility index (Phi) is 4.58. The number of thiophene rings is 1. The van der Waals surface area contributed by atoms with Crippen LogP contribution in [0.4, 0.5) is 4.39 Å². The molecule has 0 bridgehead atoms. The molecule has 0 saturated heterocycles. The van der Waals surface area contributed by atoms with Crippen molar-refractivity contribution >= 4 is 42.7 Å². The minimum absolute atomic E-state index is 0.0940. The van der Waals surface area contributed by atoms with Gasteiger partial charge >= 0.3 is 0 Å². The molecule has 2 nitrogen and oxygen atoms in total. The first-order valence-electron chi connectivity index (χ1n) is 7.00. The van der Waals surface area contributed by atoms with Gasteiger partial charge in [0.25, 0.3) is 0 Å². The highest BCUT2D eigenvalue weighted by molar-refractivity contribution is 9.11. The van der Waals surface area contributed by atoms with Crippen LogP contribution in [0.3, 0.4) is 0 Å². The summed E-state index contributed by atoms with van der Waals surface area (Å²) in [5.41, 5.74) is 3.08. The molecule has 1 heterocycles. The largest absolute Gasteiger partial charge is 0.224 e. The van der Waals surface area contributed by atoms with Crippen LogP contribution in [0.25, 0.3) is 16.7 Å². The lowest BCUT2D eigenvalue weighted by atomic mass is 9.97. The third-order valence-electron chi connectivity index (χ3n) is 3.69. The first-order valence-corrected chi connectivity index (χ1v) is 10.5. The fourth-order valence-electron chi connectivity index (χ4n) is 2.50. The lowest BCUT2D eigenvalue weighted by Crippen LogP contribution is -1.96. The van der Waals surface area contributed by atoms with Crippen LogP contribution >= 0.6 is 27.3 Å². The lowest BCUT2D eigenvalue weighted by molar-refractivity contribution is 0.590. The maximum atomic E-state index is 13.2. The topological polar surface area (TPSA) is 34.1 Å². The molecule has 2 aromatic rings. The van der Waals surface area contributed by atoms with Gasteiger partial charge in [0.05, 0.1) is 8.68 Å². The Bertz CT molecular complexity index is 907. The summed E-state index contributed by atoms with van der Waals surface area (Å²) in [7, 11) is -3.20. The van der Waals surface area contributed by atoms with Crippen LogP contribution in [-0.2, 0) is 9.84 Å². The Morgan fingerprint density at radius 3 is 2.39 bits per heavy atom. The molecule has 6 heteroatoms. The number of rotatable bonds is 3. The number of halogens is 2. The first kappa shape index (κ1) is 16.6. The van der Waals surface area contributed by atoms with Gasteiger partial charge in [-0.3, -0.25) is 0 Å². The average Bonchev–Trinajstić information content (AvgIpc) is 2.89. The quantitative estimate of drug-likeness (QED) is 0.655. The summed E-state index contributed by atoms with van der Waals surface area (Å²) < 4.78 is 37.3. The van der Waals surface area contributed by atoms with Gasteiger partial charge in [0.15, 0.2) is 9.84 Å². The third kappa shape index (κ3) is 3.65. The smallest absolute Gasteiger partial charge is 0.175 e. The van der Waals surface area contributed by atoms with Crippen molar-refractivity contribution < 1.29 is 12.8 Å². The summed E-state index contributed by atoms with van der Waals surface area (Å²) in [4.78, 5) is 1.40. The summed E-state index contributed by atoms with van der Waals surface area (Å²) in [6, 6.07) is 8.89. The first-order chi connectivity index (χ1) is 10.8. The van der Waals surface area contributed by atoms with Crippen molar-refractivity contribution in [2.24, 2.45) is 0 Å². The van der Waals surface area contributed by atoms with Gasteiger partial charge in [-0.1, -0.05) is 18.2 Å². The summed E-state index contributed by atoms with van der Waals surface area (Å²) in [5.74, 6) is -0.0940. The fourth-order valence-corrected chi connectivity index (χ4v) is 4.80. The number of hydrogen-bond donors (Lipinski definition) is 0. The number of benzene rings is 1. The molecule has 0 aliphatic heterocycles. The van der Waals surface area contributed by atoms with Crippen molar-refractivity contribution in [2.75, 3.05) is 6.26 Å². The highest BCUT2D eigenvalue weighted by Crippen LogP contribution is 2.42. The number of allylic oxidation sites excluding steroid dienone is 4. The van der Waals surface area contributed by atoms with Crippen molar-refractivity contribution in [3.8, 4) is 11.1 Å². The van der Waals surface area contributed by atoms with E-state index in [1.807, 2.05) is 24.3 Å². The zero-order chi connectivity index (χ0) is 16.6. The molecule has 0 amide bonds. The molecule has 23 heavy (non-hydrogen) atoms. The van der Waals surface area contributed by atoms with Gasteiger partial charge in [0, 0.05) is 23.1 Å². The SMILES string of the molecule is CS(=O)(=O)c1ccc(-c2cc(Br)sc2C2=CC=C(F)CC2)cc1. The molecular formula is C17H14BrFO2S2. The molecule has 0 radical (unpaired) electrons. The second-order valence-corrected chi connectivity index (χ2v) is 9.84. The predicted octanol–water partition coefficient (Wildman–Crippen LogP) is 5.61. The molecule has 0 fully saturated rings. The molecule has 1 aromatic carbocycles. The summed E-state index contributed by atoms with van der Waals surface area (Å²) in [6.07, 6.45) is 5.63. The molecule has 1 aliphatic carbocycles. The Hall–Kier alpha value is -1.24. The monoisotopic (exact) mass is 412 g/mol. The van der Waals surface area contributed by atoms with E-state index in [9.17, 15) is 12.8 Å². The molecule has 0 spiro atoms. The van der Waals surface area contributed by atoms with Gasteiger partial charge in [-0.2, -0.15) is 0 Å². The van der Waals surface area contributed by atoms with Crippen LogP contribution in [0, 0.1) is 0 Å². The zero-order valence-electron chi connectivity index (χ0n) is 12.3. The van der Waals surface area contributed by atoms with E-state index in [-0.39, 0.29) is 5.83 Å². The summed E-state index contributed by atoms with van der Waals surface area (Å²) in [5, 5.41) is 0. The van der Waals surface area contributed by atoms with Gasteiger partial charge in [-0.05, 0) is 57.8 Å². The Morgan fingerprint density at radius 1 is 1.13 bits per heavy atom. The Labute approximate surface area is 147 Å². The van der Waals surface area contributed by atoms with Crippen molar-refractivity contribution in [3.63, 3.8) is 0 Å². The van der Waals surface area contributed by atoms with Crippen LogP contribution in [0.1, 0.15) is 17.7 Å². The normalized spacial score (nSPS) is 15.3. The van der Waals surface area contributed by atoms with Crippen LogP contribution in [0.15, 0.2) is 57.0 Å². The maximum Gasteiger partial charge on any atom is 0.175 e. The summed E-state index contributed by atoms with van der Waals surface area (Å²) in [6.45, 7) is 0. The van der Waals surface area contributed by atoms with Crippen LogP contribution in [0.2, 0.25) is 0 Å². The standard InChI is InChI=1S/C17H14BrFO2S2/c1-23(20,21)14-8-4-11(5-9-14)15-10-16(18)22-17(15)12-2-6-13(19)7-3-12/h2,4-6,8-10H,3,7H2,1H3. The van der Waals surface area contributed by atoms with Crippen molar-refractivity contribution in [2.45, 2.75) is 17.7 Å². The number of hydrogen-bond acceptors (Lipinski definition) is 3. The van der Waals surface area contributed by atoms with E-state index in [1.165, 1.54) is 12.3 Å². The molecule has 0 atom stereocenters. The van der Waals surface area contributed by atoms with Gasteiger partial charge in [-0.15, -0.1) is 11.3 Å². The second-order valence-electron chi connectivity index (χ2n) is 5.40. The van der Waals surface area contributed by atoms with Crippen molar-refractivity contribution in [1.82, 2.24) is 0 Å². The minimum Gasteiger partial charge on any atom is -0.224 e. The van der Waals surface area contributed by atoms with Gasteiger partial charge in [0.2, 0.25) is 0 Å². The van der Waals surface area contributed by atoms with Crippen LogP contribution in [-0.4, -0.2) is 14.7 Å². The second kappa shape index (κ2) is 6.34. The van der Waals surface area contributed by atoms with Crippen molar-refractivity contribution in [1.29, 1.82) is 0 Å². The Morgan fingerprint density at radius 2 is 1.83 bits per heavy atom. The van der Waals surface area contributed by atoms with E-state index in [0.29, 0.717) is 17.7 Å². The van der Waals surface area contributed by atoms with Gasteiger partial charge in [-0.25, -0.2) is 12.8 Å². The van der Waals surface area contributed by atoms with E-state index in [0.717, 1.165) is 25.4 Å². The van der Waals surface area contributed by atoms with Crippen LogP contribution in [0.5, 0.6) is 0 Å². The Balaban J connectivity index is 2.04. The fraction of sp³-hybridized carbons (Fsp3) is 0.176. The lowest BCUT2D eigenvalue weighted by Gasteiger charge is -2.11. The molecule has 1 aromatic heterocycles. The van der Waals surface area contributed by atoms with Gasteiger partial charge in [0.1, 0.15) is 5.83 Å². The predicted molar refractivity (Wildman–Crippen MR) is 97.0 cm³/mol. The van der Waals surface area contributed by atoms with Crippen LogP contribution < -0.4 is 0 Å². The van der Waals surface area contributed by atoms with Crippen molar-refractivity contribution in [3.05, 3.63) is 57.0 Å². The third-order valence-corrected chi connectivity index (χ3v) is 6.53. The van der Waals surface area contributed by atoms with E-state index in [2.05, 4.69) is 15.9 Å². The zero-order valence-corrected chi connectivity index (χ0v) is 15.6. The average molecular weight is 413 g/mol. The molecule has 120 valence electrons. The molecule has 0 unspecified atom stereocenters. The number of sulfone groups is 1. The highest BCUT2D eigenvalue weighted by atomic mass is 79.9. The van der Waals surface area contributed by atoms with E-state index < -0.39 is 9.84 Å². The molecule has 0 saturated carbocycles. The van der Waals surface area contributed by atoms with Gasteiger partial charge < -0.3 is 0 Å². The molecule has 0 N–H and O–H groups in total.